The molecule has 3 heterocycles. The average molecular weight is 650 g/mol. The first-order chi connectivity index (χ1) is 24.2. The molecule has 5 nitrogen and oxygen atoms in total. The molecule has 0 unspecified atom stereocenters. The lowest BCUT2D eigenvalue weighted by molar-refractivity contribution is 0.332. The molecule has 0 aliphatic heterocycles. The van der Waals surface area contributed by atoms with Gasteiger partial charge in [0, 0.05) is 40.2 Å². The molecular weight excluding hydrogens is 611 g/mol. The van der Waals surface area contributed by atoms with E-state index in [1.807, 2.05) is 85.2 Å². The van der Waals surface area contributed by atoms with Gasteiger partial charge in [0.25, 0.3) is 0 Å². The Morgan fingerprint density at radius 1 is 0.380 bits per heavy atom. The van der Waals surface area contributed by atoms with Crippen LogP contribution in [0, 0.1) is 0 Å². The van der Waals surface area contributed by atoms with Crippen molar-refractivity contribution in [3.8, 4) is 67.8 Å². The summed E-state index contributed by atoms with van der Waals surface area (Å²) in [5.41, 5.74) is 11.9. The fraction of sp³-hybridized carbons (Fsp3) is 0.178. The van der Waals surface area contributed by atoms with Gasteiger partial charge in [-0.1, -0.05) is 107 Å². The third-order valence-corrected chi connectivity index (χ3v) is 10.1. The normalized spacial score (nSPS) is 14.6. The van der Waals surface area contributed by atoms with E-state index in [9.17, 15) is 0 Å². The van der Waals surface area contributed by atoms with Crippen LogP contribution in [0.25, 0.3) is 67.8 Å². The summed E-state index contributed by atoms with van der Waals surface area (Å²) < 4.78 is 0. The average Bonchev–Trinajstić information content (AvgIpc) is 3.17. The first kappa shape index (κ1) is 31.5. The fourth-order valence-corrected chi connectivity index (χ4v) is 7.07. The number of nitrogens with zero attached hydrogens (tertiary/aromatic N) is 5. The fourth-order valence-electron chi connectivity index (χ4n) is 7.07. The molecule has 1 aliphatic rings. The van der Waals surface area contributed by atoms with E-state index in [1.165, 1.54) is 23.1 Å². The van der Waals surface area contributed by atoms with Crippen molar-refractivity contribution in [2.24, 2.45) is 0 Å². The minimum Gasteiger partial charge on any atom is -0.256 e. The highest BCUT2D eigenvalue weighted by atomic mass is 15.0. The highest BCUT2D eigenvalue weighted by molar-refractivity contribution is 5.80. The maximum absolute atomic E-state index is 5.15. The molecule has 0 bridgehead atoms. The van der Waals surface area contributed by atoms with Gasteiger partial charge in [0.1, 0.15) is 0 Å². The summed E-state index contributed by atoms with van der Waals surface area (Å²) >= 11 is 0. The van der Waals surface area contributed by atoms with Crippen molar-refractivity contribution in [3.05, 3.63) is 151 Å². The quantitative estimate of drug-likeness (QED) is 0.179. The highest BCUT2D eigenvalue weighted by Crippen LogP contribution is 2.47. The van der Waals surface area contributed by atoms with Crippen LogP contribution in [0.4, 0.5) is 0 Å². The van der Waals surface area contributed by atoms with E-state index in [4.69, 9.17) is 19.9 Å². The summed E-state index contributed by atoms with van der Waals surface area (Å²) in [5.74, 6) is 1.83. The lowest BCUT2D eigenvalue weighted by atomic mass is 9.63. The van der Waals surface area contributed by atoms with E-state index >= 15 is 0 Å². The zero-order chi connectivity index (χ0) is 34.3. The van der Waals surface area contributed by atoms with Gasteiger partial charge in [-0.25, -0.2) is 15.0 Å². The second-order valence-electron chi connectivity index (χ2n) is 14.5. The molecule has 0 saturated carbocycles. The summed E-state index contributed by atoms with van der Waals surface area (Å²) in [6.45, 7) is 9.49. The van der Waals surface area contributed by atoms with Gasteiger partial charge >= 0.3 is 0 Å². The Morgan fingerprint density at radius 2 is 0.900 bits per heavy atom. The molecule has 5 heteroatoms. The summed E-state index contributed by atoms with van der Waals surface area (Å²) in [7, 11) is 0. The largest absolute Gasteiger partial charge is 0.256 e. The molecule has 244 valence electrons. The van der Waals surface area contributed by atoms with Crippen LogP contribution in [0.2, 0.25) is 0 Å². The molecule has 8 rings (SSSR count). The van der Waals surface area contributed by atoms with Crippen LogP contribution in [0.5, 0.6) is 0 Å². The van der Waals surface area contributed by atoms with Crippen LogP contribution in [-0.4, -0.2) is 24.9 Å². The molecule has 0 amide bonds. The lowest BCUT2D eigenvalue weighted by Gasteiger charge is -2.42. The molecule has 1 aliphatic carbocycles. The van der Waals surface area contributed by atoms with Crippen LogP contribution in [0.1, 0.15) is 51.7 Å². The van der Waals surface area contributed by atoms with E-state index < -0.39 is 0 Å². The number of pyridine rings is 2. The second-order valence-corrected chi connectivity index (χ2v) is 14.5. The molecule has 0 N–H and O–H groups in total. The zero-order valence-electron chi connectivity index (χ0n) is 28.9. The molecule has 0 saturated heterocycles. The molecule has 4 aromatic carbocycles. The summed E-state index contributed by atoms with van der Waals surface area (Å²) in [4.78, 5) is 24.6. The standard InChI is InChI=1S/C45H39N5/c1-44(2)21-22-45(3,4)38-29-31(19-20-37(38)44)34-26-35(40-18-9-11-24-47-40)28-36(27-34)43-49-41(30-13-6-5-7-14-30)48-42(50-43)33-16-12-15-32(25-33)39-17-8-10-23-46-39/h5-20,23-29H,21-22H2,1-4H3. The van der Waals surface area contributed by atoms with E-state index in [0.717, 1.165) is 51.2 Å². The first-order valence-corrected chi connectivity index (χ1v) is 17.3. The van der Waals surface area contributed by atoms with Crippen molar-refractivity contribution in [1.82, 2.24) is 24.9 Å². The van der Waals surface area contributed by atoms with Crippen LogP contribution < -0.4 is 0 Å². The monoisotopic (exact) mass is 649 g/mol. The summed E-state index contributed by atoms with van der Waals surface area (Å²) in [6, 6.07) is 44.0. The number of hydrogen-bond donors (Lipinski definition) is 0. The molecule has 0 atom stereocenters. The SMILES string of the molecule is CC1(C)CCC(C)(C)c2cc(-c3cc(-c4ccccn4)cc(-c4nc(-c5ccccc5)nc(-c5cccc(-c6ccccn6)c5)n4)c3)ccc21. The summed E-state index contributed by atoms with van der Waals surface area (Å²) in [6.07, 6.45) is 6.00. The molecular formula is C45H39N5. The van der Waals surface area contributed by atoms with Gasteiger partial charge in [-0.15, -0.1) is 0 Å². The number of aromatic nitrogens is 5. The van der Waals surface area contributed by atoms with Gasteiger partial charge in [-0.2, -0.15) is 0 Å². The van der Waals surface area contributed by atoms with Crippen LogP contribution >= 0.6 is 0 Å². The Labute approximate surface area is 294 Å². The third-order valence-electron chi connectivity index (χ3n) is 10.1. The number of rotatable bonds is 6. The molecule has 50 heavy (non-hydrogen) atoms. The second kappa shape index (κ2) is 12.6. The zero-order valence-corrected chi connectivity index (χ0v) is 28.9. The third kappa shape index (κ3) is 6.12. The maximum Gasteiger partial charge on any atom is 0.164 e. The van der Waals surface area contributed by atoms with E-state index in [1.54, 1.807) is 0 Å². The van der Waals surface area contributed by atoms with E-state index in [2.05, 4.69) is 87.3 Å². The van der Waals surface area contributed by atoms with Gasteiger partial charge in [-0.3, -0.25) is 9.97 Å². The Balaban J connectivity index is 1.32. The van der Waals surface area contributed by atoms with Crippen LogP contribution in [0.3, 0.4) is 0 Å². The summed E-state index contributed by atoms with van der Waals surface area (Å²) in [5, 5.41) is 0. The van der Waals surface area contributed by atoms with Crippen molar-refractivity contribution < 1.29 is 0 Å². The minimum atomic E-state index is 0.0970. The molecule has 3 aromatic heterocycles. The predicted molar refractivity (Wildman–Crippen MR) is 203 cm³/mol. The smallest absolute Gasteiger partial charge is 0.164 e. The van der Waals surface area contributed by atoms with Crippen molar-refractivity contribution >= 4 is 0 Å². The van der Waals surface area contributed by atoms with Gasteiger partial charge in [0.2, 0.25) is 0 Å². The van der Waals surface area contributed by atoms with Crippen LogP contribution in [-0.2, 0) is 10.8 Å². The Morgan fingerprint density at radius 3 is 1.58 bits per heavy atom. The molecule has 0 fully saturated rings. The molecule has 0 radical (unpaired) electrons. The Hall–Kier alpha value is -5.81. The molecule has 0 spiro atoms. The van der Waals surface area contributed by atoms with Crippen LogP contribution in [0.15, 0.2) is 140 Å². The topological polar surface area (TPSA) is 64.5 Å². The van der Waals surface area contributed by atoms with Crippen molar-refractivity contribution in [1.29, 1.82) is 0 Å². The first-order valence-electron chi connectivity index (χ1n) is 17.3. The van der Waals surface area contributed by atoms with Gasteiger partial charge in [0.05, 0.1) is 11.4 Å². The lowest BCUT2D eigenvalue weighted by Crippen LogP contribution is -2.33. The van der Waals surface area contributed by atoms with Crippen molar-refractivity contribution in [3.63, 3.8) is 0 Å². The maximum atomic E-state index is 5.15. The van der Waals surface area contributed by atoms with E-state index in [0.29, 0.717) is 17.5 Å². The number of benzene rings is 4. The van der Waals surface area contributed by atoms with Gasteiger partial charge < -0.3 is 0 Å². The highest BCUT2D eigenvalue weighted by Gasteiger charge is 2.37. The number of fused-ring (bicyclic) bond motifs is 1. The van der Waals surface area contributed by atoms with Crippen molar-refractivity contribution in [2.45, 2.75) is 51.4 Å². The van der Waals surface area contributed by atoms with Crippen molar-refractivity contribution in [2.75, 3.05) is 0 Å². The Kier molecular flexibility index (Phi) is 7.91. The molecule has 7 aromatic rings. The van der Waals surface area contributed by atoms with E-state index in [-0.39, 0.29) is 10.8 Å². The Bertz CT molecular complexity index is 2310. The van der Waals surface area contributed by atoms with Gasteiger partial charge in [-0.05, 0) is 94.5 Å². The number of hydrogen-bond acceptors (Lipinski definition) is 5. The minimum absolute atomic E-state index is 0.0970. The predicted octanol–water partition coefficient (Wildman–Crippen LogP) is 11.0. The van der Waals surface area contributed by atoms with Gasteiger partial charge in [0.15, 0.2) is 17.5 Å².